The second-order valence-electron chi connectivity index (χ2n) is 4.46. The number of hydrogen-bond acceptors (Lipinski definition) is 5. The van der Waals surface area contributed by atoms with Crippen molar-refractivity contribution >= 4 is 27.4 Å². The van der Waals surface area contributed by atoms with Gasteiger partial charge >= 0.3 is 0 Å². The maximum absolute atomic E-state index is 12.2. The van der Waals surface area contributed by atoms with E-state index in [0.29, 0.717) is 0 Å². The van der Waals surface area contributed by atoms with E-state index in [4.69, 9.17) is 17.4 Å². The minimum Gasteiger partial charge on any atom is -0.307 e. The van der Waals surface area contributed by atoms with Crippen molar-refractivity contribution in [2.45, 2.75) is 18.4 Å². The molecule has 0 bridgehead atoms. The van der Waals surface area contributed by atoms with Crippen molar-refractivity contribution in [2.75, 3.05) is 5.43 Å². The van der Waals surface area contributed by atoms with Crippen LogP contribution in [-0.4, -0.2) is 13.4 Å². The first kappa shape index (κ1) is 15.7. The molecule has 0 aliphatic rings. The number of nitrogen functional groups attached to an aromatic ring is 1. The van der Waals surface area contributed by atoms with Gasteiger partial charge in [0.15, 0.2) is 5.82 Å². The highest BCUT2D eigenvalue weighted by molar-refractivity contribution is 7.89. The molecule has 2 aromatic rings. The molecular formula is C13H15ClN4O2S. The van der Waals surface area contributed by atoms with Gasteiger partial charge in [0.25, 0.3) is 0 Å². The smallest absolute Gasteiger partial charge is 0.242 e. The normalized spacial score (nSPS) is 11.4. The minimum atomic E-state index is -3.68. The number of hydrogen-bond donors (Lipinski definition) is 3. The molecule has 0 unspecified atom stereocenters. The fourth-order valence-electron chi connectivity index (χ4n) is 1.64. The van der Waals surface area contributed by atoms with Crippen LogP contribution in [0.25, 0.3) is 0 Å². The lowest BCUT2D eigenvalue weighted by atomic mass is 10.2. The van der Waals surface area contributed by atoms with Gasteiger partial charge in [0, 0.05) is 12.7 Å². The Bertz CT molecular complexity index is 732. The summed E-state index contributed by atoms with van der Waals surface area (Å²) in [6.07, 6.45) is 1.19. The molecule has 21 heavy (non-hydrogen) atoms. The molecule has 1 aromatic heterocycles. The second kappa shape index (κ2) is 6.40. The van der Waals surface area contributed by atoms with Crippen molar-refractivity contribution in [3.63, 3.8) is 0 Å². The van der Waals surface area contributed by atoms with Gasteiger partial charge in [-0.05, 0) is 18.6 Å². The van der Waals surface area contributed by atoms with Gasteiger partial charge in [-0.15, -0.1) is 0 Å². The van der Waals surface area contributed by atoms with Gasteiger partial charge in [0.1, 0.15) is 4.90 Å². The summed E-state index contributed by atoms with van der Waals surface area (Å²) in [6, 6.07) is 8.86. The van der Waals surface area contributed by atoms with E-state index in [1.165, 1.54) is 12.3 Å². The highest BCUT2D eigenvalue weighted by Gasteiger charge is 2.16. The Morgan fingerprint density at radius 2 is 1.95 bits per heavy atom. The van der Waals surface area contributed by atoms with Gasteiger partial charge in [-0.25, -0.2) is 24.0 Å². The summed E-state index contributed by atoms with van der Waals surface area (Å²) in [6.45, 7) is 2.16. The molecule has 4 N–H and O–H groups in total. The van der Waals surface area contributed by atoms with E-state index in [1.807, 2.05) is 31.2 Å². The molecule has 0 spiro atoms. The van der Waals surface area contributed by atoms with Gasteiger partial charge in [0.2, 0.25) is 10.0 Å². The van der Waals surface area contributed by atoms with Crippen molar-refractivity contribution in [1.29, 1.82) is 0 Å². The standard InChI is InChI=1S/C13H15ClN4O2S/c1-9-2-4-10(5-3-9)7-17-21(19,20)11-6-12(14)13(18-15)16-8-11/h2-6,8,17H,7,15H2,1H3,(H,16,18). The third-order valence-corrected chi connectivity index (χ3v) is 4.51. The topological polar surface area (TPSA) is 97.1 Å². The lowest BCUT2D eigenvalue weighted by Gasteiger charge is -2.08. The first-order valence-corrected chi connectivity index (χ1v) is 7.96. The Kier molecular flexibility index (Phi) is 4.79. The van der Waals surface area contributed by atoms with Crippen molar-refractivity contribution in [1.82, 2.24) is 9.71 Å². The van der Waals surface area contributed by atoms with Gasteiger partial charge in [-0.3, -0.25) is 0 Å². The molecule has 0 saturated heterocycles. The molecule has 6 nitrogen and oxygen atoms in total. The molecular weight excluding hydrogens is 312 g/mol. The quantitative estimate of drug-likeness (QED) is 0.575. The van der Waals surface area contributed by atoms with Crippen molar-refractivity contribution in [2.24, 2.45) is 5.84 Å². The van der Waals surface area contributed by atoms with E-state index in [1.54, 1.807) is 0 Å². The monoisotopic (exact) mass is 326 g/mol. The summed E-state index contributed by atoms with van der Waals surface area (Å²) in [5, 5.41) is 0.135. The Labute approximate surface area is 128 Å². The Balaban J connectivity index is 2.14. The van der Waals surface area contributed by atoms with E-state index in [0.717, 1.165) is 11.1 Å². The zero-order valence-corrected chi connectivity index (χ0v) is 12.9. The van der Waals surface area contributed by atoms with E-state index in [9.17, 15) is 8.42 Å². The molecule has 0 saturated carbocycles. The zero-order chi connectivity index (χ0) is 15.5. The van der Waals surface area contributed by atoms with Crippen LogP contribution < -0.4 is 16.0 Å². The van der Waals surface area contributed by atoms with Crippen molar-refractivity contribution < 1.29 is 8.42 Å². The number of anilines is 1. The summed E-state index contributed by atoms with van der Waals surface area (Å²) in [7, 11) is -3.68. The van der Waals surface area contributed by atoms with Crippen LogP contribution in [0.2, 0.25) is 5.02 Å². The van der Waals surface area contributed by atoms with Crippen LogP contribution in [0.4, 0.5) is 5.82 Å². The van der Waals surface area contributed by atoms with E-state index < -0.39 is 10.0 Å². The molecule has 0 radical (unpaired) electrons. The number of nitrogens with two attached hydrogens (primary N) is 1. The number of benzene rings is 1. The molecule has 0 atom stereocenters. The number of nitrogens with one attached hydrogen (secondary N) is 2. The SMILES string of the molecule is Cc1ccc(CNS(=O)(=O)c2cnc(NN)c(Cl)c2)cc1. The largest absolute Gasteiger partial charge is 0.307 e. The number of rotatable bonds is 5. The lowest BCUT2D eigenvalue weighted by molar-refractivity contribution is 0.581. The van der Waals surface area contributed by atoms with Gasteiger partial charge < -0.3 is 5.43 Å². The average molecular weight is 327 g/mol. The highest BCUT2D eigenvalue weighted by Crippen LogP contribution is 2.21. The number of aromatic nitrogens is 1. The third kappa shape index (κ3) is 3.92. The maximum atomic E-state index is 12.2. The summed E-state index contributed by atoms with van der Waals surface area (Å²) in [4.78, 5) is 3.83. The van der Waals surface area contributed by atoms with Crippen LogP contribution in [0.3, 0.4) is 0 Å². The van der Waals surface area contributed by atoms with Gasteiger partial charge in [-0.2, -0.15) is 0 Å². The highest BCUT2D eigenvalue weighted by atomic mass is 35.5. The lowest BCUT2D eigenvalue weighted by Crippen LogP contribution is -2.23. The summed E-state index contributed by atoms with van der Waals surface area (Å²) >= 11 is 5.87. The van der Waals surface area contributed by atoms with Crippen LogP contribution in [-0.2, 0) is 16.6 Å². The van der Waals surface area contributed by atoms with E-state index >= 15 is 0 Å². The van der Waals surface area contributed by atoms with Crippen LogP contribution >= 0.6 is 11.6 Å². The molecule has 1 heterocycles. The fraction of sp³-hybridized carbons (Fsp3) is 0.154. The molecule has 0 fully saturated rings. The van der Waals surface area contributed by atoms with E-state index in [-0.39, 0.29) is 22.3 Å². The van der Waals surface area contributed by atoms with Crippen LogP contribution in [0.15, 0.2) is 41.4 Å². The van der Waals surface area contributed by atoms with Gasteiger partial charge in [-0.1, -0.05) is 41.4 Å². The molecule has 0 aliphatic carbocycles. The molecule has 1 aromatic carbocycles. The number of hydrazine groups is 1. The zero-order valence-electron chi connectivity index (χ0n) is 11.3. The predicted octanol–water partition coefficient (Wildman–Crippen LogP) is 1.81. The number of sulfonamides is 1. The summed E-state index contributed by atoms with van der Waals surface area (Å²) in [5.74, 6) is 5.41. The van der Waals surface area contributed by atoms with E-state index in [2.05, 4.69) is 15.1 Å². The Morgan fingerprint density at radius 1 is 1.29 bits per heavy atom. The summed E-state index contributed by atoms with van der Waals surface area (Å²) in [5.41, 5.74) is 4.26. The van der Waals surface area contributed by atoms with Crippen LogP contribution in [0.5, 0.6) is 0 Å². The maximum Gasteiger partial charge on any atom is 0.242 e. The average Bonchev–Trinajstić information content (AvgIpc) is 2.46. The number of aryl methyl sites for hydroxylation is 1. The number of halogens is 1. The number of nitrogens with zero attached hydrogens (tertiary/aromatic N) is 1. The number of pyridine rings is 1. The van der Waals surface area contributed by atoms with Crippen molar-refractivity contribution in [3.8, 4) is 0 Å². The van der Waals surface area contributed by atoms with Gasteiger partial charge in [0.05, 0.1) is 5.02 Å². The van der Waals surface area contributed by atoms with Crippen molar-refractivity contribution in [3.05, 3.63) is 52.7 Å². The second-order valence-corrected chi connectivity index (χ2v) is 6.63. The predicted molar refractivity (Wildman–Crippen MR) is 82.3 cm³/mol. The Hall–Kier alpha value is -1.67. The van der Waals surface area contributed by atoms with Crippen LogP contribution in [0, 0.1) is 6.92 Å². The third-order valence-electron chi connectivity index (χ3n) is 2.85. The first-order valence-electron chi connectivity index (χ1n) is 6.10. The summed E-state index contributed by atoms with van der Waals surface area (Å²) < 4.78 is 26.8. The molecule has 8 heteroatoms. The minimum absolute atomic E-state index is 0.0152. The van der Waals surface area contributed by atoms with Crippen LogP contribution in [0.1, 0.15) is 11.1 Å². The fourth-order valence-corrected chi connectivity index (χ4v) is 2.91. The molecule has 112 valence electrons. The molecule has 0 amide bonds. The molecule has 0 aliphatic heterocycles. The first-order chi connectivity index (χ1) is 9.92. The Morgan fingerprint density at radius 3 is 2.52 bits per heavy atom. The molecule has 2 rings (SSSR count).